The van der Waals surface area contributed by atoms with E-state index in [9.17, 15) is 0 Å². The zero-order valence-electron chi connectivity index (χ0n) is 24.2. The lowest BCUT2D eigenvalue weighted by atomic mass is 9.83. The van der Waals surface area contributed by atoms with Gasteiger partial charge in [-0.2, -0.15) is 0 Å². The number of benzene rings is 6. The number of rotatable bonds is 4. The van der Waals surface area contributed by atoms with Crippen LogP contribution in [0, 0.1) is 6.92 Å². The molecule has 1 heteroatoms. The molecule has 0 N–H and O–H groups in total. The topological polar surface area (TPSA) is 12.9 Å². The van der Waals surface area contributed by atoms with E-state index in [-0.39, 0.29) is 0 Å². The van der Waals surface area contributed by atoms with Gasteiger partial charge in [0.25, 0.3) is 0 Å². The van der Waals surface area contributed by atoms with Crippen molar-refractivity contribution in [1.29, 1.82) is 0 Å². The van der Waals surface area contributed by atoms with Gasteiger partial charge in [-0.05, 0) is 109 Å². The summed E-state index contributed by atoms with van der Waals surface area (Å²) in [7, 11) is 0. The van der Waals surface area contributed by atoms with Crippen LogP contribution < -0.4 is 0 Å². The van der Waals surface area contributed by atoms with Gasteiger partial charge in [-0.15, -0.1) is 0 Å². The van der Waals surface area contributed by atoms with Crippen molar-refractivity contribution >= 4 is 33.2 Å². The Kier molecular flexibility index (Phi) is 6.23. The van der Waals surface area contributed by atoms with Crippen LogP contribution in [0.4, 0.5) is 0 Å². The van der Waals surface area contributed by atoms with Gasteiger partial charge in [0.05, 0.1) is 0 Å². The number of hydrogen-bond donors (Lipinski definition) is 0. The predicted molar refractivity (Wildman–Crippen MR) is 183 cm³/mol. The van der Waals surface area contributed by atoms with Gasteiger partial charge in [-0.25, -0.2) is 0 Å². The summed E-state index contributed by atoms with van der Waals surface area (Å²) >= 11 is 0. The third-order valence-electron chi connectivity index (χ3n) is 9.00. The van der Waals surface area contributed by atoms with Crippen LogP contribution in [0.2, 0.25) is 0 Å². The highest BCUT2D eigenvalue weighted by Gasteiger charge is 2.19. The largest absolute Gasteiger partial charge is 0.264 e. The van der Waals surface area contributed by atoms with E-state index in [0.717, 1.165) is 18.4 Å². The van der Waals surface area contributed by atoms with Crippen LogP contribution in [-0.4, -0.2) is 4.98 Å². The third-order valence-corrected chi connectivity index (χ3v) is 9.00. The van der Waals surface area contributed by atoms with Crippen molar-refractivity contribution in [2.45, 2.75) is 19.8 Å². The third kappa shape index (κ3) is 4.45. The molecule has 0 bridgehead atoms. The number of fused-ring (bicyclic) bond motifs is 3. The highest BCUT2D eigenvalue weighted by molar-refractivity contribution is 6.21. The van der Waals surface area contributed by atoms with Crippen molar-refractivity contribution in [3.05, 3.63) is 162 Å². The van der Waals surface area contributed by atoms with Gasteiger partial charge >= 0.3 is 0 Å². The average Bonchev–Trinajstić information content (AvgIpc) is 3.07. The zero-order chi connectivity index (χ0) is 28.8. The molecule has 0 saturated heterocycles. The Balaban J connectivity index is 1.26. The van der Waals surface area contributed by atoms with Crippen molar-refractivity contribution in [2.75, 3.05) is 0 Å². The minimum Gasteiger partial charge on any atom is -0.264 e. The molecule has 0 aliphatic heterocycles. The lowest BCUT2D eigenvalue weighted by Gasteiger charge is -2.21. The van der Waals surface area contributed by atoms with Crippen molar-refractivity contribution < 1.29 is 0 Å². The van der Waals surface area contributed by atoms with E-state index in [1.807, 2.05) is 18.5 Å². The van der Waals surface area contributed by atoms with Gasteiger partial charge in [-0.3, -0.25) is 4.98 Å². The van der Waals surface area contributed by atoms with Crippen LogP contribution in [0.3, 0.4) is 0 Å². The maximum Gasteiger partial charge on any atom is 0.0346 e. The first-order valence-electron chi connectivity index (χ1n) is 15.1. The van der Waals surface area contributed by atoms with E-state index >= 15 is 0 Å². The van der Waals surface area contributed by atoms with E-state index in [1.54, 1.807) is 0 Å². The number of aryl methyl sites for hydroxylation is 2. The summed E-state index contributed by atoms with van der Waals surface area (Å²) in [4.78, 5) is 4.31. The van der Waals surface area contributed by atoms with Gasteiger partial charge in [0.1, 0.15) is 0 Å². The molecule has 0 amide bonds. The Morgan fingerprint density at radius 2 is 1.19 bits per heavy atom. The molecular formula is C42H31N. The predicted octanol–water partition coefficient (Wildman–Crippen LogP) is 11.2. The Labute approximate surface area is 252 Å². The molecule has 0 spiro atoms. The fourth-order valence-electron chi connectivity index (χ4n) is 6.89. The minimum atomic E-state index is 1.03. The van der Waals surface area contributed by atoms with Crippen LogP contribution >= 0.6 is 0 Å². The van der Waals surface area contributed by atoms with Crippen LogP contribution in [0.5, 0.6) is 0 Å². The lowest BCUT2D eigenvalue weighted by molar-refractivity contribution is 1.00. The molecule has 0 fully saturated rings. The highest BCUT2D eigenvalue weighted by atomic mass is 14.6. The highest BCUT2D eigenvalue weighted by Crippen LogP contribution is 2.45. The summed E-state index contributed by atoms with van der Waals surface area (Å²) in [6.45, 7) is 2.22. The quantitative estimate of drug-likeness (QED) is 0.199. The summed E-state index contributed by atoms with van der Waals surface area (Å²) < 4.78 is 0. The van der Waals surface area contributed by atoms with Gasteiger partial charge < -0.3 is 0 Å². The first kappa shape index (κ1) is 25.4. The first-order valence-corrected chi connectivity index (χ1v) is 15.1. The van der Waals surface area contributed by atoms with Crippen molar-refractivity contribution in [2.24, 2.45) is 0 Å². The molecule has 6 aromatic carbocycles. The Morgan fingerprint density at radius 3 is 1.91 bits per heavy atom. The van der Waals surface area contributed by atoms with Crippen LogP contribution in [0.1, 0.15) is 28.7 Å². The molecular weight excluding hydrogens is 518 g/mol. The average molecular weight is 550 g/mol. The van der Waals surface area contributed by atoms with Crippen molar-refractivity contribution in [3.63, 3.8) is 0 Å². The van der Waals surface area contributed by atoms with Crippen LogP contribution in [0.25, 0.3) is 66.6 Å². The lowest BCUT2D eigenvalue weighted by Crippen LogP contribution is -2.00. The molecule has 8 rings (SSSR count). The van der Waals surface area contributed by atoms with Gasteiger partial charge in [-0.1, -0.05) is 121 Å². The minimum absolute atomic E-state index is 1.03. The second kappa shape index (κ2) is 10.5. The molecule has 1 aliphatic carbocycles. The van der Waals surface area contributed by atoms with Gasteiger partial charge in [0.2, 0.25) is 0 Å². The van der Waals surface area contributed by atoms with Crippen LogP contribution in [-0.2, 0) is 6.42 Å². The Hall–Kier alpha value is -5.27. The first-order chi connectivity index (χ1) is 21.2. The molecule has 0 radical (unpaired) electrons. The summed E-state index contributed by atoms with van der Waals surface area (Å²) in [5.41, 5.74) is 14.3. The molecule has 0 unspecified atom stereocenters. The molecule has 1 aliphatic rings. The monoisotopic (exact) mass is 549 g/mol. The fraction of sp³-hybridized carbons (Fsp3) is 0.0714. The Morgan fingerprint density at radius 1 is 0.512 bits per heavy atom. The molecule has 1 aromatic heterocycles. The zero-order valence-corrected chi connectivity index (χ0v) is 24.2. The maximum absolute atomic E-state index is 4.31. The SMILES string of the molecule is Cc1ccccc1-c1c2ccccc2c(-c2ccc3c(c2)CCC(c2cccc(-c4cccnc4)c2)=C3)c2ccccc12. The second-order valence-electron chi connectivity index (χ2n) is 11.6. The molecule has 0 saturated carbocycles. The Bertz CT molecular complexity index is 2130. The summed E-state index contributed by atoms with van der Waals surface area (Å²) in [5.74, 6) is 0. The van der Waals surface area contributed by atoms with E-state index in [0.29, 0.717) is 0 Å². The normalized spacial score (nSPS) is 12.7. The number of aromatic nitrogens is 1. The molecule has 1 nitrogen and oxygen atoms in total. The summed E-state index contributed by atoms with van der Waals surface area (Å²) in [6, 6.07) is 46.7. The standard InChI is InChI=1S/C42H31N/c1-28-10-2-3-14-36(28)42-39-17-6-4-15-37(39)41(38-16-5-7-18-40(38)42)34-22-21-32-25-31(19-20-33(32)26-34)29-11-8-12-30(24-29)35-13-9-23-43-27-35/h2-18,21-27H,19-20H2,1H3. The van der Waals surface area contributed by atoms with E-state index in [4.69, 9.17) is 0 Å². The molecule has 43 heavy (non-hydrogen) atoms. The summed E-state index contributed by atoms with van der Waals surface area (Å²) in [6.07, 6.45) is 8.21. The van der Waals surface area contributed by atoms with Crippen LogP contribution in [0.15, 0.2) is 140 Å². The van der Waals surface area contributed by atoms with Crippen molar-refractivity contribution in [1.82, 2.24) is 4.98 Å². The van der Waals surface area contributed by atoms with E-state index < -0.39 is 0 Å². The molecule has 204 valence electrons. The van der Waals surface area contributed by atoms with Crippen molar-refractivity contribution in [3.8, 4) is 33.4 Å². The number of hydrogen-bond acceptors (Lipinski definition) is 1. The molecule has 0 atom stereocenters. The second-order valence-corrected chi connectivity index (χ2v) is 11.6. The maximum atomic E-state index is 4.31. The van der Waals surface area contributed by atoms with Gasteiger partial charge in [0.15, 0.2) is 0 Å². The summed E-state index contributed by atoms with van der Waals surface area (Å²) in [5, 5.41) is 5.22. The van der Waals surface area contributed by atoms with E-state index in [2.05, 4.69) is 139 Å². The molecule has 1 heterocycles. The number of pyridine rings is 1. The smallest absolute Gasteiger partial charge is 0.0346 e. The fourth-order valence-corrected chi connectivity index (χ4v) is 6.89. The van der Waals surface area contributed by atoms with Gasteiger partial charge in [0, 0.05) is 18.0 Å². The molecule has 7 aromatic rings. The number of nitrogens with zero attached hydrogens (tertiary/aromatic N) is 1. The van der Waals surface area contributed by atoms with E-state index in [1.165, 1.54) is 77.2 Å². The number of allylic oxidation sites excluding steroid dienone is 1.